The summed E-state index contributed by atoms with van der Waals surface area (Å²) in [6.45, 7) is 0.630. The molecule has 1 aromatic carbocycles. The highest BCUT2D eigenvalue weighted by Crippen LogP contribution is 2.18. The molecule has 0 unspecified atom stereocenters. The number of hydrogen-bond acceptors (Lipinski definition) is 6. The summed E-state index contributed by atoms with van der Waals surface area (Å²) in [4.78, 5) is 22.3. The molecule has 7 nitrogen and oxygen atoms in total. The summed E-state index contributed by atoms with van der Waals surface area (Å²) in [7, 11) is 0. The van der Waals surface area contributed by atoms with E-state index in [0.717, 1.165) is 11.8 Å². The fourth-order valence-electron chi connectivity index (χ4n) is 2.33. The molecule has 3 rings (SSSR count). The van der Waals surface area contributed by atoms with Gasteiger partial charge >= 0.3 is 0 Å². The number of H-pyrrole nitrogens is 1. The Hall–Kier alpha value is -3.74. The van der Waals surface area contributed by atoms with Crippen molar-refractivity contribution in [3.8, 4) is 17.1 Å². The van der Waals surface area contributed by atoms with E-state index in [0.29, 0.717) is 29.2 Å². The van der Waals surface area contributed by atoms with Gasteiger partial charge in [-0.1, -0.05) is 30.3 Å². The number of benzene rings is 1. The van der Waals surface area contributed by atoms with Crippen molar-refractivity contribution < 1.29 is 5.11 Å². The summed E-state index contributed by atoms with van der Waals surface area (Å²) in [5.41, 5.74) is 2.29. The predicted molar refractivity (Wildman–Crippen MR) is 99.8 cm³/mol. The highest BCUT2D eigenvalue weighted by atomic mass is 16.3. The van der Waals surface area contributed by atoms with Gasteiger partial charge in [-0.2, -0.15) is 0 Å². The molecule has 0 saturated carbocycles. The van der Waals surface area contributed by atoms with Crippen molar-refractivity contribution in [2.45, 2.75) is 6.54 Å². The first kappa shape index (κ1) is 17.1. The number of aromatic hydroxyl groups is 1. The molecule has 4 N–H and O–H groups in total. The second kappa shape index (κ2) is 7.89. The zero-order chi connectivity index (χ0) is 18.4. The van der Waals surface area contributed by atoms with E-state index in [1.807, 2.05) is 30.3 Å². The van der Waals surface area contributed by atoms with Crippen LogP contribution in [0.2, 0.25) is 0 Å². The zero-order valence-corrected chi connectivity index (χ0v) is 13.8. The van der Waals surface area contributed by atoms with Gasteiger partial charge in [-0.3, -0.25) is 9.78 Å². The molecule has 3 aromatic rings. The lowest BCUT2D eigenvalue weighted by molar-refractivity contribution is 0.463. The third kappa shape index (κ3) is 4.02. The number of pyridine rings is 1. The third-order valence-corrected chi connectivity index (χ3v) is 3.67. The first-order valence-corrected chi connectivity index (χ1v) is 7.90. The van der Waals surface area contributed by atoms with Gasteiger partial charge in [-0.25, -0.2) is 4.98 Å². The standard InChI is InChI=1S/C19H17N5O2/c20-9-15(11-21-10-13-4-2-1-3-5-13)16-8-14(6-7-22-16)18-23-12-17(25)19(26)24-18/h1-9,11-12,20-21,25H,10H2,(H,23,24,26)/b15-11+,20-9?. The van der Waals surface area contributed by atoms with Gasteiger partial charge < -0.3 is 20.8 Å². The van der Waals surface area contributed by atoms with Crippen LogP contribution >= 0.6 is 0 Å². The predicted octanol–water partition coefficient (Wildman–Crippen LogP) is 2.32. The van der Waals surface area contributed by atoms with Crippen LogP contribution < -0.4 is 10.9 Å². The average molecular weight is 347 g/mol. The highest BCUT2D eigenvalue weighted by Gasteiger charge is 2.07. The van der Waals surface area contributed by atoms with Crippen molar-refractivity contribution in [1.29, 1.82) is 5.41 Å². The van der Waals surface area contributed by atoms with Crippen molar-refractivity contribution >= 4 is 11.8 Å². The molecule has 0 aliphatic rings. The minimum atomic E-state index is -0.610. The van der Waals surface area contributed by atoms with E-state index in [4.69, 9.17) is 5.41 Å². The zero-order valence-electron chi connectivity index (χ0n) is 13.8. The van der Waals surface area contributed by atoms with Crippen LogP contribution in [0.15, 0.2) is 65.9 Å². The number of aromatic amines is 1. The molecule has 0 amide bonds. The van der Waals surface area contributed by atoms with Gasteiger partial charge in [0.1, 0.15) is 5.82 Å². The quantitative estimate of drug-likeness (QED) is 0.511. The minimum absolute atomic E-state index is 0.318. The van der Waals surface area contributed by atoms with E-state index >= 15 is 0 Å². The number of rotatable bonds is 6. The normalized spacial score (nSPS) is 11.2. The molecule has 26 heavy (non-hydrogen) atoms. The van der Waals surface area contributed by atoms with Gasteiger partial charge in [0, 0.05) is 36.3 Å². The summed E-state index contributed by atoms with van der Waals surface area (Å²) in [5, 5.41) is 20.1. The van der Waals surface area contributed by atoms with E-state index in [1.54, 1.807) is 24.5 Å². The van der Waals surface area contributed by atoms with Crippen LogP contribution in [0.4, 0.5) is 0 Å². The Morgan fingerprint density at radius 3 is 2.77 bits per heavy atom. The maximum absolute atomic E-state index is 11.5. The molecule has 0 aliphatic heterocycles. The van der Waals surface area contributed by atoms with Crippen LogP contribution in [0.1, 0.15) is 11.3 Å². The third-order valence-electron chi connectivity index (χ3n) is 3.67. The summed E-state index contributed by atoms with van der Waals surface area (Å²) >= 11 is 0. The van der Waals surface area contributed by atoms with Gasteiger partial charge in [-0.15, -0.1) is 0 Å². The lowest BCUT2D eigenvalue weighted by Gasteiger charge is -2.06. The molecule has 2 heterocycles. The lowest BCUT2D eigenvalue weighted by atomic mass is 10.1. The van der Waals surface area contributed by atoms with E-state index in [9.17, 15) is 9.90 Å². The number of nitrogens with one attached hydrogen (secondary N) is 3. The second-order valence-corrected chi connectivity index (χ2v) is 5.49. The molecule has 0 fully saturated rings. The first-order chi connectivity index (χ1) is 12.7. The van der Waals surface area contributed by atoms with Crippen molar-refractivity contribution in [3.05, 3.63) is 82.7 Å². The van der Waals surface area contributed by atoms with E-state index in [1.165, 1.54) is 6.21 Å². The molecular weight excluding hydrogens is 330 g/mol. The van der Waals surface area contributed by atoms with Crippen LogP contribution in [0.3, 0.4) is 0 Å². The van der Waals surface area contributed by atoms with Gasteiger partial charge in [0.15, 0.2) is 5.75 Å². The van der Waals surface area contributed by atoms with E-state index < -0.39 is 11.3 Å². The Balaban J connectivity index is 1.82. The molecule has 0 bridgehead atoms. The fraction of sp³-hybridized carbons (Fsp3) is 0.0526. The van der Waals surface area contributed by atoms with Crippen LogP contribution in [-0.4, -0.2) is 26.3 Å². The molecule has 130 valence electrons. The maximum Gasteiger partial charge on any atom is 0.293 e. The molecule has 0 saturated heterocycles. The molecule has 7 heteroatoms. The van der Waals surface area contributed by atoms with Crippen molar-refractivity contribution in [2.24, 2.45) is 0 Å². The van der Waals surface area contributed by atoms with Crippen molar-refractivity contribution in [3.63, 3.8) is 0 Å². The number of hydrogen-bond donors (Lipinski definition) is 4. The highest BCUT2D eigenvalue weighted by molar-refractivity contribution is 6.07. The van der Waals surface area contributed by atoms with Crippen LogP contribution in [-0.2, 0) is 6.54 Å². The Kier molecular flexibility index (Phi) is 5.19. The minimum Gasteiger partial charge on any atom is -0.502 e. The van der Waals surface area contributed by atoms with Crippen LogP contribution in [0, 0.1) is 5.41 Å². The molecule has 0 radical (unpaired) electrons. The van der Waals surface area contributed by atoms with Gasteiger partial charge in [0.25, 0.3) is 5.56 Å². The van der Waals surface area contributed by atoms with E-state index in [2.05, 4.69) is 20.3 Å². The molecule has 0 atom stereocenters. The number of allylic oxidation sites excluding steroid dienone is 1. The number of aromatic nitrogens is 3. The van der Waals surface area contributed by atoms with Gasteiger partial charge in [0.05, 0.1) is 11.9 Å². The Morgan fingerprint density at radius 1 is 1.23 bits per heavy atom. The van der Waals surface area contributed by atoms with Crippen molar-refractivity contribution in [2.75, 3.05) is 0 Å². The maximum atomic E-state index is 11.5. The monoisotopic (exact) mass is 347 g/mol. The summed E-state index contributed by atoms with van der Waals surface area (Å²) in [6.07, 6.45) is 5.60. The molecule has 2 aromatic heterocycles. The average Bonchev–Trinajstić information content (AvgIpc) is 2.68. The SMILES string of the molecule is N=C/C(=C\NCc1ccccc1)c1cc(-c2ncc(O)c(=O)[nH]2)ccn1. The van der Waals surface area contributed by atoms with Crippen LogP contribution in [0.25, 0.3) is 17.0 Å². The Bertz CT molecular complexity index is 996. The summed E-state index contributed by atoms with van der Waals surface area (Å²) < 4.78 is 0. The van der Waals surface area contributed by atoms with Crippen molar-refractivity contribution in [1.82, 2.24) is 20.3 Å². The van der Waals surface area contributed by atoms with E-state index in [-0.39, 0.29) is 0 Å². The Morgan fingerprint density at radius 2 is 2.04 bits per heavy atom. The summed E-state index contributed by atoms with van der Waals surface area (Å²) in [5.74, 6) is -0.119. The number of nitrogens with zero attached hydrogens (tertiary/aromatic N) is 2. The van der Waals surface area contributed by atoms with Gasteiger partial charge in [-0.05, 0) is 17.7 Å². The fourth-order valence-corrected chi connectivity index (χ4v) is 2.33. The van der Waals surface area contributed by atoms with Crippen LogP contribution in [0.5, 0.6) is 5.75 Å². The lowest BCUT2D eigenvalue weighted by Crippen LogP contribution is -2.08. The molecular formula is C19H17N5O2. The smallest absolute Gasteiger partial charge is 0.293 e. The van der Waals surface area contributed by atoms with Gasteiger partial charge in [0.2, 0.25) is 0 Å². The largest absolute Gasteiger partial charge is 0.502 e. The first-order valence-electron chi connectivity index (χ1n) is 7.90. The summed E-state index contributed by atoms with van der Waals surface area (Å²) in [6, 6.07) is 13.3. The topological polar surface area (TPSA) is 115 Å². The molecule has 0 spiro atoms. The Labute approximate surface area is 149 Å². The molecule has 0 aliphatic carbocycles. The second-order valence-electron chi connectivity index (χ2n) is 5.49.